The van der Waals surface area contributed by atoms with Crippen LogP contribution in [-0.4, -0.2) is 24.7 Å². The first-order chi connectivity index (χ1) is 8.75. The number of aromatic hydroxyl groups is 1. The molecular formula is C15H23NO3. The second kappa shape index (κ2) is 5.95. The van der Waals surface area contributed by atoms with Crippen molar-refractivity contribution < 1.29 is 14.6 Å². The fourth-order valence-corrected chi connectivity index (χ4v) is 1.47. The fraction of sp³-hybridized carbons (Fsp3) is 0.533. The van der Waals surface area contributed by atoms with Crippen LogP contribution in [-0.2, 0) is 0 Å². The molecule has 19 heavy (non-hydrogen) atoms. The molecule has 1 unspecified atom stereocenters. The van der Waals surface area contributed by atoms with Gasteiger partial charge in [0.25, 0.3) is 5.91 Å². The molecule has 1 aromatic carbocycles. The Morgan fingerprint density at radius 2 is 2.05 bits per heavy atom. The molecule has 1 amide bonds. The molecule has 4 heteroatoms. The van der Waals surface area contributed by atoms with Crippen LogP contribution in [0, 0.1) is 11.3 Å². The zero-order valence-corrected chi connectivity index (χ0v) is 12.3. The van der Waals surface area contributed by atoms with Gasteiger partial charge in [0.2, 0.25) is 0 Å². The van der Waals surface area contributed by atoms with Crippen LogP contribution in [0.2, 0.25) is 0 Å². The molecule has 0 heterocycles. The Morgan fingerprint density at radius 3 is 2.58 bits per heavy atom. The minimum atomic E-state index is -0.285. The topological polar surface area (TPSA) is 58.6 Å². The fourth-order valence-electron chi connectivity index (χ4n) is 1.47. The van der Waals surface area contributed by atoms with Crippen LogP contribution in [0.1, 0.15) is 38.1 Å². The molecule has 1 atom stereocenters. The lowest BCUT2D eigenvalue weighted by Crippen LogP contribution is -2.33. The van der Waals surface area contributed by atoms with Crippen LogP contribution in [0.25, 0.3) is 0 Å². The highest BCUT2D eigenvalue weighted by molar-refractivity contribution is 5.97. The first-order valence-electron chi connectivity index (χ1n) is 6.41. The van der Waals surface area contributed by atoms with E-state index < -0.39 is 0 Å². The van der Waals surface area contributed by atoms with Gasteiger partial charge in [0.05, 0.1) is 12.7 Å². The van der Waals surface area contributed by atoms with Crippen molar-refractivity contribution in [1.29, 1.82) is 0 Å². The van der Waals surface area contributed by atoms with Crippen LogP contribution in [0.3, 0.4) is 0 Å². The molecular weight excluding hydrogens is 242 g/mol. The van der Waals surface area contributed by atoms with Gasteiger partial charge in [-0.2, -0.15) is 0 Å². The van der Waals surface area contributed by atoms with Crippen LogP contribution >= 0.6 is 0 Å². The highest BCUT2D eigenvalue weighted by atomic mass is 16.5. The van der Waals surface area contributed by atoms with Gasteiger partial charge in [-0.05, 0) is 29.5 Å². The Hall–Kier alpha value is -1.71. The summed E-state index contributed by atoms with van der Waals surface area (Å²) in [5, 5.41) is 12.6. The normalized spacial score (nSPS) is 12.9. The van der Waals surface area contributed by atoms with E-state index in [0.717, 1.165) is 0 Å². The van der Waals surface area contributed by atoms with E-state index in [1.165, 1.54) is 19.2 Å². The van der Waals surface area contributed by atoms with Gasteiger partial charge in [-0.1, -0.05) is 27.7 Å². The summed E-state index contributed by atoms with van der Waals surface area (Å²) in [6, 6.07) is 4.61. The molecule has 1 rings (SSSR count). The first kappa shape index (κ1) is 15.3. The molecule has 1 aromatic rings. The predicted octanol–water partition coefficient (Wildman–Crippen LogP) is 2.81. The average molecular weight is 265 g/mol. The molecule has 0 aliphatic rings. The van der Waals surface area contributed by atoms with E-state index >= 15 is 0 Å². The summed E-state index contributed by atoms with van der Waals surface area (Å²) in [6.07, 6.45) is 0. The molecule has 0 radical (unpaired) electrons. The maximum absolute atomic E-state index is 12.0. The van der Waals surface area contributed by atoms with E-state index in [9.17, 15) is 9.90 Å². The van der Waals surface area contributed by atoms with Crippen molar-refractivity contribution in [3.8, 4) is 11.5 Å². The number of carbonyl (C=O) groups is 1. The monoisotopic (exact) mass is 265 g/mol. The zero-order chi connectivity index (χ0) is 14.6. The van der Waals surface area contributed by atoms with Crippen LogP contribution in [0.4, 0.5) is 0 Å². The van der Waals surface area contributed by atoms with Crippen molar-refractivity contribution in [2.45, 2.75) is 27.7 Å². The highest BCUT2D eigenvalue weighted by Gasteiger charge is 2.21. The quantitative estimate of drug-likeness (QED) is 0.880. The number of carbonyl (C=O) groups excluding carboxylic acids is 1. The van der Waals surface area contributed by atoms with Crippen molar-refractivity contribution in [1.82, 2.24) is 5.32 Å². The summed E-state index contributed by atoms with van der Waals surface area (Å²) in [7, 11) is 1.52. The number of amides is 1. The third kappa shape index (κ3) is 4.16. The zero-order valence-electron chi connectivity index (χ0n) is 12.3. The summed E-state index contributed by atoms with van der Waals surface area (Å²) in [4.78, 5) is 12.0. The molecule has 0 bridgehead atoms. The Kier molecular flexibility index (Phi) is 4.81. The number of hydrogen-bond acceptors (Lipinski definition) is 3. The van der Waals surface area contributed by atoms with Crippen molar-refractivity contribution in [3.63, 3.8) is 0 Å². The van der Waals surface area contributed by atoms with E-state index in [1.54, 1.807) is 6.07 Å². The standard InChI is InChI=1S/C15H23NO3/c1-10(15(2,3)4)9-16-14(18)12-8-11(19-5)6-7-13(12)17/h6-8,10,17H,9H2,1-5H3,(H,16,18). The maximum Gasteiger partial charge on any atom is 0.255 e. The third-order valence-corrected chi connectivity index (χ3v) is 3.50. The maximum atomic E-state index is 12.0. The summed E-state index contributed by atoms with van der Waals surface area (Å²) >= 11 is 0. The number of nitrogens with one attached hydrogen (secondary N) is 1. The summed E-state index contributed by atoms with van der Waals surface area (Å²) in [5.74, 6) is 0.560. The lowest BCUT2D eigenvalue weighted by Gasteiger charge is -2.27. The van der Waals surface area contributed by atoms with Gasteiger partial charge in [-0.15, -0.1) is 0 Å². The van der Waals surface area contributed by atoms with Crippen LogP contribution in [0.15, 0.2) is 18.2 Å². The Labute approximate surface area is 114 Å². The molecule has 0 fully saturated rings. The summed E-state index contributed by atoms with van der Waals surface area (Å²) < 4.78 is 5.05. The number of benzene rings is 1. The van der Waals surface area contributed by atoms with E-state index in [2.05, 4.69) is 33.0 Å². The van der Waals surface area contributed by atoms with E-state index in [0.29, 0.717) is 18.2 Å². The van der Waals surface area contributed by atoms with Crippen molar-refractivity contribution in [3.05, 3.63) is 23.8 Å². The molecule has 0 aromatic heterocycles. The van der Waals surface area contributed by atoms with Crippen molar-refractivity contribution in [2.24, 2.45) is 11.3 Å². The number of methoxy groups -OCH3 is 1. The summed E-state index contributed by atoms with van der Waals surface area (Å²) in [5.41, 5.74) is 0.365. The molecule has 0 aliphatic carbocycles. The second-order valence-electron chi connectivity index (χ2n) is 5.86. The van der Waals surface area contributed by atoms with Crippen molar-refractivity contribution in [2.75, 3.05) is 13.7 Å². The van der Waals surface area contributed by atoms with Crippen molar-refractivity contribution >= 4 is 5.91 Å². The molecule has 2 N–H and O–H groups in total. The number of hydrogen-bond donors (Lipinski definition) is 2. The number of ether oxygens (including phenoxy) is 1. The van der Waals surface area contributed by atoms with Gasteiger partial charge in [0, 0.05) is 6.54 Å². The predicted molar refractivity (Wildman–Crippen MR) is 75.6 cm³/mol. The number of phenols is 1. The summed E-state index contributed by atoms with van der Waals surface area (Å²) in [6.45, 7) is 9.05. The Morgan fingerprint density at radius 1 is 1.42 bits per heavy atom. The van der Waals surface area contributed by atoms with Gasteiger partial charge in [-0.3, -0.25) is 4.79 Å². The SMILES string of the molecule is COc1ccc(O)c(C(=O)NCC(C)C(C)(C)C)c1. The Balaban J connectivity index is 2.74. The Bertz CT molecular complexity index is 449. The largest absolute Gasteiger partial charge is 0.507 e. The average Bonchev–Trinajstić information content (AvgIpc) is 2.34. The lowest BCUT2D eigenvalue weighted by molar-refractivity contribution is 0.0934. The minimum absolute atomic E-state index is 0.0401. The van der Waals surface area contributed by atoms with E-state index in [1.807, 2.05) is 0 Å². The van der Waals surface area contributed by atoms with Gasteiger partial charge < -0.3 is 15.2 Å². The highest BCUT2D eigenvalue weighted by Crippen LogP contribution is 2.25. The number of rotatable bonds is 4. The third-order valence-electron chi connectivity index (χ3n) is 3.50. The smallest absolute Gasteiger partial charge is 0.255 e. The van der Waals surface area contributed by atoms with Gasteiger partial charge in [0.15, 0.2) is 0 Å². The molecule has 106 valence electrons. The lowest BCUT2D eigenvalue weighted by atomic mass is 9.82. The van der Waals surface area contributed by atoms with E-state index in [4.69, 9.17) is 4.74 Å². The molecule has 4 nitrogen and oxygen atoms in total. The van der Waals surface area contributed by atoms with Gasteiger partial charge >= 0.3 is 0 Å². The van der Waals surface area contributed by atoms with Crippen LogP contribution < -0.4 is 10.1 Å². The second-order valence-corrected chi connectivity index (χ2v) is 5.86. The van der Waals surface area contributed by atoms with Gasteiger partial charge in [-0.25, -0.2) is 0 Å². The number of phenolic OH excluding ortho intramolecular Hbond substituents is 1. The van der Waals surface area contributed by atoms with E-state index in [-0.39, 0.29) is 22.6 Å². The molecule has 0 aliphatic heterocycles. The van der Waals surface area contributed by atoms with Crippen LogP contribution in [0.5, 0.6) is 11.5 Å². The first-order valence-corrected chi connectivity index (χ1v) is 6.41. The molecule has 0 spiro atoms. The minimum Gasteiger partial charge on any atom is -0.507 e. The molecule has 0 saturated carbocycles. The molecule has 0 saturated heterocycles. The van der Waals surface area contributed by atoms with Gasteiger partial charge in [0.1, 0.15) is 11.5 Å².